The minimum absolute atomic E-state index is 2.00. The van der Waals surface area contributed by atoms with Gasteiger partial charge in [0.2, 0.25) is 0 Å². The van der Waals surface area contributed by atoms with Crippen molar-refractivity contribution in [2.45, 2.75) is 0 Å². The van der Waals surface area contributed by atoms with Crippen molar-refractivity contribution in [1.29, 1.82) is 0 Å². The first-order valence-electron chi connectivity index (χ1n) is 6.68. The molecule has 0 radical (unpaired) electrons. The van der Waals surface area contributed by atoms with Crippen LogP contribution in [0, 0.1) is 0 Å². The molecule has 0 unspecified atom stereocenters. The quantitative estimate of drug-likeness (QED) is 0.400. The van der Waals surface area contributed by atoms with Gasteiger partial charge in [-0.2, -0.15) is 0 Å². The van der Waals surface area contributed by atoms with E-state index in [1.807, 2.05) is 0 Å². The van der Waals surface area contributed by atoms with Gasteiger partial charge in [0, 0.05) is 0 Å². The van der Waals surface area contributed by atoms with Crippen LogP contribution in [0.3, 0.4) is 0 Å². The molecule has 0 aliphatic heterocycles. The predicted octanol–water partition coefficient (Wildman–Crippen LogP) is 3.27. The molecule has 0 aromatic rings. The summed E-state index contributed by atoms with van der Waals surface area (Å²) in [5.74, 6) is 0. The molecular formula is H12AlF6N3. The van der Waals surface area contributed by atoms with Gasteiger partial charge in [0.1, 0.15) is 0 Å². The molecule has 0 bridgehead atoms. The molecular weight excluding hydrogens is 183 g/mol. The summed E-state index contributed by atoms with van der Waals surface area (Å²) in [5, 5.41) is 0. The van der Waals surface area contributed by atoms with Crippen molar-refractivity contribution in [3.05, 3.63) is 0 Å². The summed E-state index contributed by atoms with van der Waals surface area (Å²) < 4.78 is 130. The van der Waals surface area contributed by atoms with Gasteiger partial charge in [-0.3, -0.25) is 0 Å². The SMILES string of the molecule is [2H][N+]([2H])([2H])[2H].[2H][N+]([2H])([2H])[2H].[2H][N+]([2H])([2H])[2H].[F][Al-3]([F])([F])([F])([F])[F]. The molecule has 72 valence electrons. The molecule has 10 heteroatoms. The van der Waals surface area contributed by atoms with Crippen LogP contribution in [0.2, 0.25) is 16.9 Å². The minimum atomic E-state index is -11.0. The van der Waals surface area contributed by atoms with E-state index in [2.05, 4.69) is 0 Å². The van der Waals surface area contributed by atoms with E-state index in [0.29, 0.717) is 0 Å². The third-order valence-electron chi connectivity index (χ3n) is 0. The predicted molar refractivity (Wildman–Crippen MR) is 30.4 cm³/mol. The summed E-state index contributed by atoms with van der Waals surface area (Å²) >= 11 is -11.0. The van der Waals surface area contributed by atoms with Crippen LogP contribution in [-0.4, -0.2) is 13.7 Å². The first-order valence-corrected chi connectivity index (χ1v) is 3.93. The molecule has 0 rings (SSSR count). The van der Waals surface area contributed by atoms with E-state index in [9.17, 15) is 21.1 Å². The molecule has 0 saturated carbocycles. The Morgan fingerprint density at radius 2 is 0.800 bits per heavy atom. The first-order chi connectivity index (χ1) is 8.45. The van der Waals surface area contributed by atoms with Gasteiger partial charge in [-0.05, 0) is 0 Å². The number of hydrogen-bond acceptors (Lipinski definition) is 0. The van der Waals surface area contributed by atoms with Gasteiger partial charge in [0.05, 0.1) is 0 Å². The summed E-state index contributed by atoms with van der Waals surface area (Å²) in [6, 6.07) is 0. The molecule has 0 aliphatic rings. The van der Waals surface area contributed by atoms with Gasteiger partial charge in [0.15, 0.2) is 0 Å². The Kier molecular flexibility index (Phi) is 0.638. The van der Waals surface area contributed by atoms with Crippen molar-refractivity contribution in [1.82, 2.24) is 18.4 Å². The number of rotatable bonds is 0. The summed E-state index contributed by atoms with van der Waals surface area (Å²) in [6.07, 6.45) is -6.00. The maximum atomic E-state index is 9.90. The van der Waals surface area contributed by atoms with E-state index < -0.39 is 32.1 Å². The summed E-state index contributed by atoms with van der Waals surface area (Å²) in [4.78, 5) is 0. The van der Waals surface area contributed by atoms with E-state index in [0.717, 1.165) is 0 Å². The van der Waals surface area contributed by atoms with Crippen LogP contribution in [0.25, 0.3) is 0 Å². The third-order valence-corrected chi connectivity index (χ3v) is 0. The van der Waals surface area contributed by atoms with Crippen molar-refractivity contribution in [2.24, 2.45) is 0 Å². The monoisotopic (exact) mass is 207 g/mol. The van der Waals surface area contributed by atoms with E-state index in [1.54, 1.807) is 0 Å². The molecule has 0 saturated heterocycles. The van der Waals surface area contributed by atoms with E-state index >= 15 is 0 Å². The zero-order valence-electron chi connectivity index (χ0n) is 16.2. The molecule has 0 aliphatic carbocycles. The Morgan fingerprint density at radius 3 is 0.800 bits per heavy atom. The molecule has 0 atom stereocenters. The van der Waals surface area contributed by atoms with Crippen LogP contribution in [0.15, 0.2) is 0 Å². The molecule has 0 aromatic carbocycles. The number of quaternary nitrogens is 3. The van der Waals surface area contributed by atoms with Gasteiger partial charge >= 0.3 is 51.8 Å². The summed E-state index contributed by atoms with van der Waals surface area (Å²) in [7, 11) is 0. The number of halogens is 6. The first kappa shape index (κ1) is 2.50. The van der Waals surface area contributed by atoms with Crippen molar-refractivity contribution in [2.75, 3.05) is 0 Å². The zero-order valence-corrected chi connectivity index (χ0v) is 5.34. The Labute approximate surface area is 71.8 Å². The molecule has 0 amide bonds. The average Bonchev–Trinajstić information content (AvgIpc) is 1.57. The Hall–Kier alpha value is -0.00753. The fourth-order valence-corrected chi connectivity index (χ4v) is 0. The Bertz CT molecular complexity index is 234. The average molecular weight is 207 g/mol. The van der Waals surface area contributed by atoms with Crippen LogP contribution < -0.4 is 18.4 Å². The zero-order chi connectivity index (χ0) is 19.9. The molecule has 0 spiro atoms. The third kappa shape index (κ3) is 6890000. The molecule has 0 heterocycles. The second-order valence-electron chi connectivity index (χ2n) is 1.24. The maximum absolute atomic E-state index is 11.0. The van der Waals surface area contributed by atoms with E-state index in [4.69, 9.17) is 16.9 Å². The second kappa shape index (κ2) is 2.56. The summed E-state index contributed by atoms with van der Waals surface area (Å²) in [5.41, 5.74) is 0. The van der Waals surface area contributed by atoms with Crippen LogP contribution in [0.4, 0.5) is 21.1 Å². The normalized spacial score (nSPS) is 35.4. The van der Waals surface area contributed by atoms with E-state index in [1.165, 1.54) is 0 Å². The topological polar surface area (TPSA) is 110 Å². The van der Waals surface area contributed by atoms with Crippen molar-refractivity contribution < 1.29 is 38.1 Å². The van der Waals surface area contributed by atoms with Crippen molar-refractivity contribution >= 4 is 13.7 Å². The van der Waals surface area contributed by atoms with Crippen molar-refractivity contribution in [3.8, 4) is 0 Å². The van der Waals surface area contributed by atoms with Crippen LogP contribution in [0.1, 0.15) is 0 Å². The molecule has 3 nitrogen and oxygen atoms in total. The van der Waals surface area contributed by atoms with Crippen LogP contribution in [0.5, 0.6) is 0 Å². The second-order valence-corrected chi connectivity index (χ2v) is 3.71. The van der Waals surface area contributed by atoms with Gasteiger partial charge in [-0.1, -0.05) is 0 Å². The number of hydrogen-bond donors (Lipinski definition) is 3. The van der Waals surface area contributed by atoms with Gasteiger partial charge < -0.3 is 18.4 Å². The molecule has 0 fully saturated rings. The molecule has 0 aromatic heterocycles. The molecule has 12 N–H and O–H groups in total. The fraction of sp³-hybridized carbons (Fsp3) is 0. The fourth-order valence-electron chi connectivity index (χ4n) is 0. The van der Waals surface area contributed by atoms with Gasteiger partial charge in [0.25, 0.3) is 0 Å². The molecule has 10 heavy (non-hydrogen) atoms. The standard InChI is InChI=1S/Al.6FH.3H3N/h;6*1H;3*1H3/q+3;;;;;;;;;/p-3/i/hD12. The van der Waals surface area contributed by atoms with E-state index in [-0.39, 0.29) is 0 Å². The van der Waals surface area contributed by atoms with Gasteiger partial charge in [-0.25, -0.2) is 0 Å². The van der Waals surface area contributed by atoms with Crippen LogP contribution >= 0.6 is 0 Å². The van der Waals surface area contributed by atoms with Crippen molar-refractivity contribution in [3.63, 3.8) is 0 Å². The summed E-state index contributed by atoms with van der Waals surface area (Å²) in [6.45, 7) is 0. The van der Waals surface area contributed by atoms with Crippen LogP contribution in [-0.2, 0) is 0 Å². The Balaban J connectivity index is -0.0000000995. The Morgan fingerprint density at radius 1 is 0.800 bits per heavy atom. The van der Waals surface area contributed by atoms with Gasteiger partial charge in [-0.15, -0.1) is 0 Å².